The van der Waals surface area contributed by atoms with Crippen molar-refractivity contribution in [3.63, 3.8) is 0 Å². The Morgan fingerprint density at radius 2 is 1.41 bits per heavy atom. The highest BCUT2D eigenvalue weighted by molar-refractivity contribution is 5.72. The first-order valence-electron chi connectivity index (χ1n) is 21.0. The molecule has 0 aromatic heterocycles. The molecule has 2 saturated heterocycles. The van der Waals surface area contributed by atoms with Gasteiger partial charge in [0.05, 0.1) is 31.3 Å². The third-order valence-electron chi connectivity index (χ3n) is 10.5. The van der Waals surface area contributed by atoms with Gasteiger partial charge in [-0.2, -0.15) is 0 Å². The molecule has 6 unspecified atom stereocenters. The van der Waals surface area contributed by atoms with Gasteiger partial charge in [-0.1, -0.05) is 58.8 Å². The number of ether oxygens (including phenoxy) is 11. The Morgan fingerprint density at radius 3 is 1.97 bits per heavy atom. The summed E-state index contributed by atoms with van der Waals surface area (Å²) in [5.74, 6) is -3.10. The average Bonchev–Trinajstić information content (AvgIpc) is 3.20. The second-order valence-electron chi connectivity index (χ2n) is 15.1. The zero-order valence-corrected chi connectivity index (χ0v) is 35.9. The van der Waals surface area contributed by atoms with Gasteiger partial charge in [-0.3, -0.25) is 14.4 Å². The first kappa shape index (κ1) is 50.2. The zero-order valence-electron chi connectivity index (χ0n) is 35.9. The monoisotopic (exact) mass is 843 g/mol. The van der Waals surface area contributed by atoms with Crippen LogP contribution in [0.4, 0.5) is 4.79 Å². The lowest BCUT2D eigenvalue weighted by atomic mass is 9.77. The number of amides is 1. The molecule has 0 spiro atoms. The molecule has 0 bridgehead atoms. The molecule has 1 aliphatic carbocycles. The summed E-state index contributed by atoms with van der Waals surface area (Å²) in [6, 6.07) is -1.42. The molecule has 338 valence electrons. The van der Waals surface area contributed by atoms with E-state index in [2.05, 4.69) is 39.2 Å². The van der Waals surface area contributed by atoms with Crippen molar-refractivity contribution < 1.29 is 76.4 Å². The number of carbonyl (C=O) groups is 4. The third-order valence-corrected chi connectivity index (χ3v) is 10.5. The van der Waals surface area contributed by atoms with Crippen molar-refractivity contribution in [2.45, 2.75) is 166 Å². The molecule has 1 saturated carbocycles. The summed E-state index contributed by atoms with van der Waals surface area (Å²) in [6.45, 7) is 18.9. The summed E-state index contributed by atoms with van der Waals surface area (Å²) in [6.07, 6.45) is -3.27. The van der Waals surface area contributed by atoms with Gasteiger partial charge in [0.1, 0.15) is 49.8 Å². The molecule has 3 fully saturated rings. The molecule has 17 nitrogen and oxygen atoms in total. The van der Waals surface area contributed by atoms with Gasteiger partial charge < -0.3 is 62.5 Å². The van der Waals surface area contributed by atoms with Crippen LogP contribution >= 0.6 is 0 Å². The van der Waals surface area contributed by atoms with Gasteiger partial charge in [-0.05, 0) is 39.0 Å². The van der Waals surface area contributed by atoms with Crippen LogP contribution in [-0.2, 0) is 66.5 Å². The first-order valence-corrected chi connectivity index (χ1v) is 21.0. The van der Waals surface area contributed by atoms with Gasteiger partial charge in [-0.15, -0.1) is 6.58 Å². The van der Waals surface area contributed by atoms with Crippen molar-refractivity contribution in [3.05, 3.63) is 25.3 Å². The summed E-state index contributed by atoms with van der Waals surface area (Å²) < 4.78 is 67.0. The number of hydrogen-bond acceptors (Lipinski definition) is 16. The molecular weight excluding hydrogens is 774 g/mol. The van der Waals surface area contributed by atoms with Crippen LogP contribution in [0.3, 0.4) is 0 Å². The molecule has 14 atom stereocenters. The van der Waals surface area contributed by atoms with E-state index in [1.54, 1.807) is 6.08 Å². The fourth-order valence-electron chi connectivity index (χ4n) is 7.43. The molecule has 3 rings (SSSR count). The number of aliphatic hydroxyl groups is 1. The Kier molecular flexibility index (Phi) is 22.3. The predicted octanol–water partition coefficient (Wildman–Crippen LogP) is 4.30. The molecular formula is C42H69NO16. The normalized spacial score (nSPS) is 33.3. The van der Waals surface area contributed by atoms with Gasteiger partial charge in [0.2, 0.25) is 0 Å². The minimum atomic E-state index is -1.66. The fourth-order valence-corrected chi connectivity index (χ4v) is 7.43. The Labute approximate surface area is 349 Å². The van der Waals surface area contributed by atoms with Crippen molar-refractivity contribution in [1.82, 2.24) is 5.32 Å². The van der Waals surface area contributed by atoms with Gasteiger partial charge >= 0.3 is 24.0 Å². The number of carbonyl (C=O) groups excluding carboxylic acids is 4. The van der Waals surface area contributed by atoms with E-state index in [-0.39, 0.29) is 19.4 Å². The molecule has 2 aliphatic heterocycles. The van der Waals surface area contributed by atoms with Crippen molar-refractivity contribution in [3.8, 4) is 0 Å². The van der Waals surface area contributed by atoms with Crippen molar-refractivity contribution in [2.24, 2.45) is 11.8 Å². The summed E-state index contributed by atoms with van der Waals surface area (Å²) in [7, 11) is 1.29. The number of methoxy groups -OCH3 is 1. The molecule has 0 radical (unpaired) electrons. The van der Waals surface area contributed by atoms with Crippen LogP contribution in [-0.4, -0.2) is 143 Å². The van der Waals surface area contributed by atoms with E-state index in [0.717, 1.165) is 45.4 Å². The molecule has 0 aromatic carbocycles. The topological polar surface area (TPSA) is 202 Å². The summed E-state index contributed by atoms with van der Waals surface area (Å²) in [4.78, 5) is 50.2. The van der Waals surface area contributed by atoms with E-state index >= 15 is 0 Å². The van der Waals surface area contributed by atoms with E-state index in [9.17, 15) is 24.3 Å². The van der Waals surface area contributed by atoms with Gasteiger partial charge in [0, 0.05) is 39.6 Å². The fraction of sp³-hybridized carbons (Fsp3) is 0.810. The molecule has 1 amide bonds. The smallest absolute Gasteiger partial charge is 0.407 e. The average molecular weight is 844 g/mol. The van der Waals surface area contributed by atoms with Crippen molar-refractivity contribution >= 4 is 24.0 Å². The summed E-state index contributed by atoms with van der Waals surface area (Å²) in [5, 5.41) is 14.3. The SMILES string of the molecule is C=CCOC(=O)NC1C(O)[C@@H](OC(C)=O)[C@H](COC(C)=O)O[C@H]1O[C@@H]1CC(C(=O)OC)CC(C=C)[C@H]1OC1O[C@@H](C)C(OCCCC)[C@H](OCCCC)[C@@H]1OCCCC. The lowest BCUT2D eigenvalue weighted by Gasteiger charge is -2.49. The minimum Gasteiger partial charge on any atom is -0.469 e. The van der Waals surface area contributed by atoms with E-state index in [0.29, 0.717) is 19.8 Å². The summed E-state index contributed by atoms with van der Waals surface area (Å²) in [5.41, 5.74) is 0. The highest BCUT2D eigenvalue weighted by Gasteiger charge is 2.54. The number of aliphatic hydroxyl groups excluding tert-OH is 1. The largest absolute Gasteiger partial charge is 0.469 e. The zero-order chi connectivity index (χ0) is 43.5. The third kappa shape index (κ3) is 15.1. The number of alkyl carbamates (subject to hydrolysis) is 1. The van der Waals surface area contributed by atoms with E-state index in [1.807, 2.05) is 6.92 Å². The number of unbranched alkanes of at least 4 members (excludes halogenated alkanes) is 3. The van der Waals surface area contributed by atoms with Crippen molar-refractivity contribution in [2.75, 3.05) is 40.1 Å². The first-order chi connectivity index (χ1) is 28.3. The summed E-state index contributed by atoms with van der Waals surface area (Å²) >= 11 is 0. The number of rotatable bonds is 24. The number of esters is 3. The van der Waals surface area contributed by atoms with Gasteiger partial charge in [0.25, 0.3) is 0 Å². The Morgan fingerprint density at radius 1 is 0.780 bits per heavy atom. The van der Waals surface area contributed by atoms with Crippen LogP contribution in [0.25, 0.3) is 0 Å². The highest BCUT2D eigenvalue weighted by Crippen LogP contribution is 2.40. The highest BCUT2D eigenvalue weighted by atomic mass is 16.7. The second kappa shape index (κ2) is 26.2. The molecule has 0 aromatic rings. The Bertz CT molecular complexity index is 1320. The van der Waals surface area contributed by atoms with Crippen LogP contribution in [0.5, 0.6) is 0 Å². The van der Waals surface area contributed by atoms with Gasteiger partial charge in [0.15, 0.2) is 18.7 Å². The van der Waals surface area contributed by atoms with Crippen LogP contribution in [0.15, 0.2) is 25.3 Å². The number of nitrogens with one attached hydrogen (secondary N) is 1. The van der Waals surface area contributed by atoms with Crippen LogP contribution in [0.1, 0.15) is 92.9 Å². The predicted molar refractivity (Wildman–Crippen MR) is 212 cm³/mol. The maximum absolute atomic E-state index is 13.1. The lowest BCUT2D eigenvalue weighted by molar-refractivity contribution is -0.346. The maximum Gasteiger partial charge on any atom is 0.407 e. The lowest BCUT2D eigenvalue weighted by Crippen LogP contribution is -2.67. The van der Waals surface area contributed by atoms with E-state index < -0.39 is 116 Å². The Balaban J connectivity index is 2.09. The van der Waals surface area contributed by atoms with Crippen LogP contribution in [0.2, 0.25) is 0 Å². The molecule has 3 aliphatic rings. The molecule has 17 heteroatoms. The Hall–Kier alpha value is -3.16. The maximum atomic E-state index is 13.1. The van der Waals surface area contributed by atoms with Crippen molar-refractivity contribution in [1.29, 1.82) is 0 Å². The quantitative estimate of drug-likeness (QED) is 0.0602. The molecule has 59 heavy (non-hydrogen) atoms. The van der Waals surface area contributed by atoms with Crippen LogP contribution < -0.4 is 5.32 Å². The van der Waals surface area contributed by atoms with E-state index in [1.165, 1.54) is 20.1 Å². The standard InChI is InChI=1S/C42H69NO16/c1-10-15-19-50-34-25(6)55-41(38(52-21-17-12-3)37(34)51-20-16-11-2)59-35-28(14-5)22-29(39(47)49-9)23-30(35)57-40-32(43-42(48)53-18-13-4)33(46)36(56-27(8)45)31(58-40)24-54-26(7)44/h13-14,25,28-38,40-41,46H,4-5,10-12,15-24H2,1-3,6-9H3,(H,43,48)/t25-,28?,29?,30+,31-,32?,33?,34?,35+,36-,37-,38-,40+,41?/m0/s1. The number of hydrogen-bond donors (Lipinski definition) is 2. The molecule has 2 N–H and O–H groups in total. The van der Waals surface area contributed by atoms with Crippen LogP contribution in [0, 0.1) is 11.8 Å². The second-order valence-corrected chi connectivity index (χ2v) is 15.1. The van der Waals surface area contributed by atoms with Gasteiger partial charge in [-0.25, -0.2) is 4.79 Å². The van der Waals surface area contributed by atoms with E-state index in [4.69, 9.17) is 52.1 Å². The molecule has 2 heterocycles. The minimum absolute atomic E-state index is 0.0517.